The maximum absolute atomic E-state index is 11.3. The van der Waals surface area contributed by atoms with Gasteiger partial charge in [0.25, 0.3) is 0 Å². The molecule has 1 amide bonds. The van der Waals surface area contributed by atoms with E-state index >= 15 is 0 Å². The van der Waals surface area contributed by atoms with Crippen LogP contribution in [0.5, 0.6) is 5.75 Å². The molecule has 138 valence electrons. The number of benzene rings is 2. The van der Waals surface area contributed by atoms with Crippen LogP contribution in [0.15, 0.2) is 42.5 Å². The van der Waals surface area contributed by atoms with Gasteiger partial charge >= 0.3 is 6.09 Å². The van der Waals surface area contributed by atoms with E-state index in [0.717, 1.165) is 35.3 Å². The summed E-state index contributed by atoms with van der Waals surface area (Å²) in [5.41, 5.74) is 4.45. The normalized spacial score (nSPS) is 18.3. The Kier molecular flexibility index (Phi) is 4.94. The van der Waals surface area contributed by atoms with E-state index in [0.29, 0.717) is 0 Å². The Morgan fingerprint density at radius 1 is 1.19 bits per heavy atom. The van der Waals surface area contributed by atoms with E-state index in [2.05, 4.69) is 49.5 Å². The molecule has 0 radical (unpaired) electrons. The summed E-state index contributed by atoms with van der Waals surface area (Å²) in [6.45, 7) is 8.28. The van der Waals surface area contributed by atoms with Crippen molar-refractivity contribution in [3.8, 4) is 16.9 Å². The molecule has 0 aromatic heterocycles. The second-order valence-corrected chi connectivity index (χ2v) is 7.98. The first-order valence-electron chi connectivity index (χ1n) is 9.15. The van der Waals surface area contributed by atoms with Crippen molar-refractivity contribution < 1.29 is 14.6 Å². The predicted molar refractivity (Wildman–Crippen MR) is 104 cm³/mol. The van der Waals surface area contributed by atoms with E-state index < -0.39 is 6.09 Å². The molecule has 1 aliphatic rings. The summed E-state index contributed by atoms with van der Waals surface area (Å²) in [5.74, 6) is 0.863. The highest BCUT2D eigenvalue weighted by molar-refractivity contribution is 5.68. The summed E-state index contributed by atoms with van der Waals surface area (Å²) < 4.78 is 5.80. The Hall–Kier alpha value is -2.49. The molecule has 2 aromatic rings. The quantitative estimate of drug-likeness (QED) is 0.771. The minimum Gasteiger partial charge on any atom is -0.491 e. The Morgan fingerprint density at radius 2 is 1.92 bits per heavy atom. The van der Waals surface area contributed by atoms with Crippen LogP contribution in [0.1, 0.15) is 51.3 Å². The average Bonchev–Trinajstić information content (AvgIpc) is 2.56. The molecular weight excluding hydrogens is 326 g/mol. The molecule has 26 heavy (non-hydrogen) atoms. The Morgan fingerprint density at radius 3 is 2.62 bits per heavy atom. The zero-order chi connectivity index (χ0) is 18.9. The molecule has 3 rings (SSSR count). The third-order valence-electron chi connectivity index (χ3n) is 5.08. The standard InChI is InChI=1S/C22H27NO3/c1-14(2)26-18-7-5-6-15(13-18)16-8-9-19-17(12-16)10-11-22(3,4)20(19)23-21(24)25/h5-9,12-14,20,23H,10-11H2,1-4H3,(H,24,25). The first kappa shape index (κ1) is 18.3. The number of hydrogen-bond donors (Lipinski definition) is 2. The zero-order valence-corrected chi connectivity index (χ0v) is 15.9. The van der Waals surface area contributed by atoms with E-state index in [-0.39, 0.29) is 17.6 Å². The van der Waals surface area contributed by atoms with Crippen LogP contribution in [0.2, 0.25) is 0 Å². The fourth-order valence-corrected chi connectivity index (χ4v) is 3.72. The van der Waals surface area contributed by atoms with E-state index in [1.54, 1.807) is 0 Å². The minimum absolute atomic E-state index is 0.0993. The molecular formula is C22H27NO3. The van der Waals surface area contributed by atoms with Gasteiger partial charge in [-0.05, 0) is 66.5 Å². The summed E-state index contributed by atoms with van der Waals surface area (Å²) in [7, 11) is 0. The van der Waals surface area contributed by atoms with Crippen molar-refractivity contribution in [2.75, 3.05) is 0 Å². The summed E-state index contributed by atoms with van der Waals surface area (Å²) >= 11 is 0. The SMILES string of the molecule is CC(C)Oc1cccc(-c2ccc3c(c2)CCC(C)(C)C3NC(=O)O)c1. The van der Waals surface area contributed by atoms with Gasteiger partial charge in [0.1, 0.15) is 5.75 Å². The maximum atomic E-state index is 11.3. The summed E-state index contributed by atoms with van der Waals surface area (Å²) in [4.78, 5) is 11.3. The predicted octanol–water partition coefficient (Wildman–Crippen LogP) is 5.42. The topological polar surface area (TPSA) is 58.6 Å². The first-order valence-corrected chi connectivity index (χ1v) is 9.15. The lowest BCUT2D eigenvalue weighted by Crippen LogP contribution is -2.40. The molecule has 4 nitrogen and oxygen atoms in total. The minimum atomic E-state index is -0.974. The van der Waals surface area contributed by atoms with Crippen LogP contribution < -0.4 is 10.1 Å². The Labute approximate surface area is 155 Å². The van der Waals surface area contributed by atoms with Gasteiger partial charge in [-0.3, -0.25) is 0 Å². The molecule has 0 saturated heterocycles. The maximum Gasteiger partial charge on any atom is 0.405 e. The molecule has 0 bridgehead atoms. The van der Waals surface area contributed by atoms with E-state index in [1.165, 1.54) is 5.56 Å². The largest absolute Gasteiger partial charge is 0.491 e. The Bertz CT molecular complexity index is 811. The number of nitrogens with one attached hydrogen (secondary N) is 1. The lowest BCUT2D eigenvalue weighted by atomic mass is 9.70. The van der Waals surface area contributed by atoms with Crippen LogP contribution in [0, 0.1) is 5.41 Å². The smallest absolute Gasteiger partial charge is 0.405 e. The molecule has 1 unspecified atom stereocenters. The van der Waals surface area contributed by atoms with Gasteiger partial charge in [0.15, 0.2) is 0 Å². The van der Waals surface area contributed by atoms with Gasteiger partial charge in [-0.15, -0.1) is 0 Å². The van der Waals surface area contributed by atoms with E-state index in [9.17, 15) is 9.90 Å². The third-order valence-corrected chi connectivity index (χ3v) is 5.08. The van der Waals surface area contributed by atoms with Crippen LogP contribution in [-0.4, -0.2) is 17.3 Å². The van der Waals surface area contributed by atoms with Gasteiger partial charge in [0.05, 0.1) is 12.1 Å². The van der Waals surface area contributed by atoms with Crippen LogP contribution in [0.3, 0.4) is 0 Å². The molecule has 0 spiro atoms. The van der Waals surface area contributed by atoms with Crippen LogP contribution in [0.4, 0.5) is 4.79 Å². The monoisotopic (exact) mass is 353 g/mol. The third kappa shape index (κ3) is 3.85. The number of aryl methyl sites for hydroxylation is 1. The van der Waals surface area contributed by atoms with Crippen molar-refractivity contribution in [3.05, 3.63) is 53.6 Å². The molecule has 1 atom stereocenters. The van der Waals surface area contributed by atoms with Gasteiger partial charge in [0.2, 0.25) is 0 Å². The number of amides is 1. The van der Waals surface area contributed by atoms with Gasteiger partial charge < -0.3 is 15.2 Å². The lowest BCUT2D eigenvalue weighted by Gasteiger charge is -2.40. The fourth-order valence-electron chi connectivity index (χ4n) is 3.72. The second-order valence-electron chi connectivity index (χ2n) is 7.98. The van der Waals surface area contributed by atoms with Gasteiger partial charge in [-0.25, -0.2) is 4.79 Å². The highest BCUT2D eigenvalue weighted by Gasteiger charge is 2.37. The summed E-state index contributed by atoms with van der Waals surface area (Å²) in [5, 5.41) is 11.9. The number of fused-ring (bicyclic) bond motifs is 1. The van der Waals surface area contributed by atoms with Crippen molar-refractivity contribution in [2.24, 2.45) is 5.41 Å². The highest BCUT2D eigenvalue weighted by Crippen LogP contribution is 2.44. The molecule has 0 saturated carbocycles. The van der Waals surface area contributed by atoms with Crippen LogP contribution in [-0.2, 0) is 6.42 Å². The summed E-state index contributed by atoms with van der Waals surface area (Å²) in [6.07, 6.45) is 1.07. The zero-order valence-electron chi connectivity index (χ0n) is 15.9. The Balaban J connectivity index is 1.96. The van der Waals surface area contributed by atoms with Crippen LogP contribution in [0.25, 0.3) is 11.1 Å². The molecule has 2 N–H and O–H groups in total. The number of ether oxygens (including phenoxy) is 1. The average molecular weight is 353 g/mol. The van der Waals surface area contributed by atoms with Crippen molar-refractivity contribution >= 4 is 6.09 Å². The van der Waals surface area contributed by atoms with Crippen molar-refractivity contribution in [1.82, 2.24) is 5.32 Å². The lowest BCUT2D eigenvalue weighted by molar-refractivity contribution is 0.161. The van der Waals surface area contributed by atoms with Crippen LogP contribution >= 0.6 is 0 Å². The van der Waals surface area contributed by atoms with Gasteiger partial charge in [-0.2, -0.15) is 0 Å². The van der Waals surface area contributed by atoms with Gasteiger partial charge in [0, 0.05) is 0 Å². The van der Waals surface area contributed by atoms with E-state index in [4.69, 9.17) is 4.74 Å². The van der Waals surface area contributed by atoms with E-state index in [1.807, 2.05) is 26.0 Å². The van der Waals surface area contributed by atoms with Gasteiger partial charge in [-0.1, -0.05) is 44.2 Å². The molecule has 1 aliphatic carbocycles. The van der Waals surface area contributed by atoms with Crippen molar-refractivity contribution in [1.29, 1.82) is 0 Å². The number of rotatable bonds is 4. The number of hydrogen-bond acceptors (Lipinski definition) is 2. The second kappa shape index (κ2) is 7.02. The highest BCUT2D eigenvalue weighted by atomic mass is 16.5. The molecule has 0 heterocycles. The summed E-state index contributed by atoms with van der Waals surface area (Å²) in [6, 6.07) is 14.3. The molecule has 4 heteroatoms. The number of carboxylic acid groups (broad SMARTS) is 1. The van der Waals surface area contributed by atoms with Crippen molar-refractivity contribution in [2.45, 2.75) is 52.7 Å². The van der Waals surface area contributed by atoms with Crippen molar-refractivity contribution in [3.63, 3.8) is 0 Å². The number of carbonyl (C=O) groups is 1. The molecule has 2 aromatic carbocycles. The fraction of sp³-hybridized carbons (Fsp3) is 0.409. The molecule has 0 fully saturated rings. The first-order chi connectivity index (χ1) is 12.3. The molecule has 0 aliphatic heterocycles.